The van der Waals surface area contributed by atoms with Crippen LogP contribution < -0.4 is 14.8 Å². The number of hydrogen-bond acceptors (Lipinski definition) is 4. The molecule has 1 atom stereocenters. The van der Waals surface area contributed by atoms with Gasteiger partial charge in [0.25, 0.3) is 0 Å². The van der Waals surface area contributed by atoms with Crippen LogP contribution in [0.1, 0.15) is 39.7 Å². The summed E-state index contributed by atoms with van der Waals surface area (Å²) in [6.45, 7) is 9.39. The predicted molar refractivity (Wildman–Crippen MR) is 94.2 cm³/mol. The highest BCUT2D eigenvalue weighted by Crippen LogP contribution is 2.37. The Balaban J connectivity index is 2.89. The molecule has 0 aliphatic carbocycles. The molecule has 1 unspecified atom stereocenters. The zero-order chi connectivity index (χ0) is 17.4. The molecule has 1 aromatic carbocycles. The number of carboxylic acid groups (broad SMARTS) is 1. The summed E-state index contributed by atoms with van der Waals surface area (Å²) in [7, 11) is 0. The van der Waals surface area contributed by atoms with Crippen molar-refractivity contribution in [2.75, 3.05) is 13.2 Å². The molecule has 0 bridgehead atoms. The monoisotopic (exact) mass is 387 g/mol. The molecule has 0 radical (unpaired) electrons. The average Bonchev–Trinajstić information content (AvgIpc) is 2.46. The SMILES string of the molecule is CCOc1cc(CNC(CC(C)C)C(=O)O)cc(Br)c1OCC. The molecular formula is C17H26BrNO4. The number of rotatable bonds is 10. The molecule has 5 nitrogen and oxygen atoms in total. The smallest absolute Gasteiger partial charge is 0.320 e. The molecule has 130 valence electrons. The van der Waals surface area contributed by atoms with Gasteiger partial charge in [-0.1, -0.05) is 13.8 Å². The minimum absolute atomic E-state index is 0.314. The minimum Gasteiger partial charge on any atom is -0.490 e. The van der Waals surface area contributed by atoms with Crippen molar-refractivity contribution >= 4 is 21.9 Å². The lowest BCUT2D eigenvalue weighted by Gasteiger charge is -2.18. The van der Waals surface area contributed by atoms with Crippen molar-refractivity contribution < 1.29 is 19.4 Å². The number of benzene rings is 1. The van der Waals surface area contributed by atoms with Gasteiger partial charge in [-0.05, 0) is 59.8 Å². The van der Waals surface area contributed by atoms with Gasteiger partial charge in [0.15, 0.2) is 11.5 Å². The summed E-state index contributed by atoms with van der Waals surface area (Å²) in [5.74, 6) is 0.828. The lowest BCUT2D eigenvalue weighted by Crippen LogP contribution is -2.37. The standard InChI is InChI=1S/C17H26BrNO4/c1-5-22-15-9-12(8-13(18)16(15)23-6-2)10-19-14(17(20)21)7-11(3)4/h8-9,11,14,19H,5-7,10H2,1-4H3,(H,20,21). The summed E-state index contributed by atoms with van der Waals surface area (Å²) in [6.07, 6.45) is 0.589. The van der Waals surface area contributed by atoms with Crippen LogP contribution in [-0.2, 0) is 11.3 Å². The second-order valence-corrected chi connectivity index (χ2v) is 6.53. The first kappa shape index (κ1) is 19.8. The lowest BCUT2D eigenvalue weighted by molar-refractivity contribution is -0.140. The maximum absolute atomic E-state index is 11.3. The van der Waals surface area contributed by atoms with Crippen LogP contribution in [0.15, 0.2) is 16.6 Å². The summed E-state index contributed by atoms with van der Waals surface area (Å²) in [5.41, 5.74) is 0.943. The average molecular weight is 388 g/mol. The molecule has 1 aromatic rings. The van der Waals surface area contributed by atoms with E-state index in [-0.39, 0.29) is 0 Å². The van der Waals surface area contributed by atoms with Crippen molar-refractivity contribution in [3.8, 4) is 11.5 Å². The van der Waals surface area contributed by atoms with Crippen LogP contribution in [0.3, 0.4) is 0 Å². The van der Waals surface area contributed by atoms with Crippen LogP contribution in [0.4, 0.5) is 0 Å². The van der Waals surface area contributed by atoms with E-state index in [1.165, 1.54) is 0 Å². The molecule has 0 spiro atoms. The first-order valence-corrected chi connectivity index (χ1v) is 8.72. The van der Waals surface area contributed by atoms with E-state index in [9.17, 15) is 9.90 Å². The topological polar surface area (TPSA) is 67.8 Å². The van der Waals surface area contributed by atoms with Gasteiger partial charge in [0.05, 0.1) is 17.7 Å². The van der Waals surface area contributed by atoms with Gasteiger partial charge < -0.3 is 19.9 Å². The summed E-state index contributed by atoms with van der Waals surface area (Å²) in [5, 5.41) is 12.4. The highest BCUT2D eigenvalue weighted by molar-refractivity contribution is 9.10. The molecule has 0 saturated heterocycles. The van der Waals surface area contributed by atoms with Crippen molar-refractivity contribution in [1.29, 1.82) is 0 Å². The van der Waals surface area contributed by atoms with E-state index in [1.54, 1.807) is 0 Å². The molecule has 0 fully saturated rings. The van der Waals surface area contributed by atoms with E-state index >= 15 is 0 Å². The first-order chi connectivity index (χ1) is 10.9. The van der Waals surface area contributed by atoms with Crippen LogP contribution >= 0.6 is 15.9 Å². The molecule has 0 aliphatic rings. The molecule has 1 rings (SSSR count). The lowest BCUT2D eigenvalue weighted by atomic mass is 10.0. The van der Waals surface area contributed by atoms with Gasteiger partial charge in [-0.3, -0.25) is 4.79 Å². The second kappa shape index (κ2) is 9.78. The molecule has 6 heteroatoms. The maximum Gasteiger partial charge on any atom is 0.320 e. The Morgan fingerprint density at radius 3 is 2.43 bits per heavy atom. The number of nitrogens with one attached hydrogen (secondary N) is 1. The Bertz CT molecular complexity index is 520. The van der Waals surface area contributed by atoms with E-state index < -0.39 is 12.0 Å². The zero-order valence-electron chi connectivity index (χ0n) is 14.2. The molecule has 2 N–H and O–H groups in total. The van der Waals surface area contributed by atoms with Gasteiger partial charge in [0.2, 0.25) is 0 Å². The fourth-order valence-electron chi connectivity index (χ4n) is 2.25. The number of carbonyl (C=O) groups is 1. The number of hydrogen-bond donors (Lipinski definition) is 2. The van der Waals surface area contributed by atoms with Crippen molar-refractivity contribution in [1.82, 2.24) is 5.32 Å². The fourth-order valence-corrected chi connectivity index (χ4v) is 2.86. The summed E-state index contributed by atoms with van der Waals surface area (Å²) in [6, 6.07) is 3.26. The highest BCUT2D eigenvalue weighted by Gasteiger charge is 2.19. The predicted octanol–water partition coefficient (Wildman–Crippen LogP) is 3.84. The van der Waals surface area contributed by atoms with Gasteiger partial charge in [0.1, 0.15) is 6.04 Å². The molecule has 23 heavy (non-hydrogen) atoms. The third-order valence-corrected chi connectivity index (χ3v) is 3.80. The molecule has 0 amide bonds. The van der Waals surface area contributed by atoms with E-state index in [4.69, 9.17) is 9.47 Å². The number of ether oxygens (including phenoxy) is 2. The Morgan fingerprint density at radius 2 is 1.91 bits per heavy atom. The first-order valence-electron chi connectivity index (χ1n) is 7.93. The molecule has 0 saturated carbocycles. The summed E-state index contributed by atoms with van der Waals surface area (Å²) >= 11 is 3.50. The van der Waals surface area contributed by atoms with Gasteiger partial charge in [-0.2, -0.15) is 0 Å². The van der Waals surface area contributed by atoms with Crippen molar-refractivity contribution in [3.63, 3.8) is 0 Å². The Morgan fingerprint density at radius 1 is 1.26 bits per heavy atom. The van der Waals surface area contributed by atoms with Crippen molar-refractivity contribution in [2.24, 2.45) is 5.92 Å². The summed E-state index contributed by atoms with van der Waals surface area (Å²) in [4.78, 5) is 11.3. The normalized spacial score (nSPS) is 12.3. The van der Waals surface area contributed by atoms with Crippen LogP contribution in [0.5, 0.6) is 11.5 Å². The maximum atomic E-state index is 11.3. The van der Waals surface area contributed by atoms with Crippen LogP contribution in [0.25, 0.3) is 0 Å². The van der Waals surface area contributed by atoms with E-state index in [1.807, 2.05) is 39.8 Å². The van der Waals surface area contributed by atoms with E-state index in [2.05, 4.69) is 21.2 Å². The highest BCUT2D eigenvalue weighted by atomic mass is 79.9. The Hall–Kier alpha value is -1.27. The third kappa shape index (κ3) is 6.39. The molecular weight excluding hydrogens is 362 g/mol. The van der Waals surface area contributed by atoms with E-state index in [0.717, 1.165) is 10.0 Å². The minimum atomic E-state index is -0.825. The second-order valence-electron chi connectivity index (χ2n) is 5.67. The Kier molecular flexibility index (Phi) is 8.41. The van der Waals surface area contributed by atoms with Crippen LogP contribution in [0.2, 0.25) is 0 Å². The van der Waals surface area contributed by atoms with E-state index in [0.29, 0.717) is 43.6 Å². The van der Waals surface area contributed by atoms with Crippen LogP contribution in [0, 0.1) is 5.92 Å². The number of halogens is 1. The third-order valence-electron chi connectivity index (χ3n) is 3.22. The molecule has 0 heterocycles. The van der Waals surface area contributed by atoms with Crippen molar-refractivity contribution in [2.45, 2.75) is 46.7 Å². The van der Waals surface area contributed by atoms with Crippen LogP contribution in [-0.4, -0.2) is 30.3 Å². The number of carboxylic acids is 1. The summed E-state index contributed by atoms with van der Waals surface area (Å²) < 4.78 is 12.0. The van der Waals surface area contributed by atoms with Gasteiger partial charge in [-0.15, -0.1) is 0 Å². The van der Waals surface area contributed by atoms with Gasteiger partial charge >= 0.3 is 5.97 Å². The fraction of sp³-hybridized carbons (Fsp3) is 0.588. The number of aliphatic carboxylic acids is 1. The largest absolute Gasteiger partial charge is 0.490 e. The molecule has 0 aliphatic heterocycles. The van der Waals surface area contributed by atoms with Crippen molar-refractivity contribution in [3.05, 3.63) is 22.2 Å². The quantitative estimate of drug-likeness (QED) is 0.638. The molecule has 0 aromatic heterocycles. The Labute approximate surface area is 146 Å². The van der Waals surface area contributed by atoms with Gasteiger partial charge in [-0.25, -0.2) is 0 Å². The van der Waals surface area contributed by atoms with Gasteiger partial charge in [0, 0.05) is 6.54 Å². The zero-order valence-corrected chi connectivity index (χ0v) is 15.8.